The molecule has 0 spiro atoms. The second kappa shape index (κ2) is 8.02. The fraction of sp³-hybridized carbons (Fsp3) is 0.455. The molecule has 8 heteroatoms. The minimum absolute atomic E-state index is 0.0173. The normalized spacial score (nSPS) is 24.1. The van der Waals surface area contributed by atoms with Gasteiger partial charge in [-0.3, -0.25) is 19.7 Å². The molecule has 1 saturated heterocycles. The van der Waals surface area contributed by atoms with Gasteiger partial charge in [0.1, 0.15) is 0 Å². The summed E-state index contributed by atoms with van der Waals surface area (Å²) in [4.78, 5) is 40.4. The molecule has 1 aliphatic heterocycles. The van der Waals surface area contributed by atoms with Gasteiger partial charge in [0.2, 0.25) is 5.91 Å². The van der Waals surface area contributed by atoms with Gasteiger partial charge in [-0.1, -0.05) is 6.42 Å². The maximum absolute atomic E-state index is 12.6. The maximum atomic E-state index is 12.6. The van der Waals surface area contributed by atoms with Crippen molar-refractivity contribution in [2.45, 2.75) is 25.7 Å². The van der Waals surface area contributed by atoms with E-state index in [4.69, 9.17) is 0 Å². The lowest BCUT2D eigenvalue weighted by Gasteiger charge is -2.32. The fourth-order valence-electron chi connectivity index (χ4n) is 5.28. The molecule has 1 saturated carbocycles. The molecule has 8 nitrogen and oxygen atoms in total. The largest absolute Gasteiger partial charge is 0.325 e. The van der Waals surface area contributed by atoms with Crippen LogP contribution in [0.25, 0.3) is 11.0 Å². The molecule has 3 N–H and O–H groups in total. The lowest BCUT2D eigenvalue weighted by Crippen LogP contribution is -2.32. The standard InChI is InChI=1S/C22H26N6O2/c29-21(25-16-4-5-19-20(9-16)27-22(30)26-19)13-28-11-15-3-1-2-14(18(15)12-28)8-17-10-23-6-7-24-17/h4-7,9-10,14-15,18H,1-3,8,11-13H2,(H,25,29)(H2,26,27,30)/t14-,15-,18-/m1/s1. The van der Waals surface area contributed by atoms with Crippen molar-refractivity contribution in [2.75, 3.05) is 25.0 Å². The molecule has 0 unspecified atom stereocenters. The summed E-state index contributed by atoms with van der Waals surface area (Å²) in [6.07, 6.45) is 10.1. The molecule has 1 aromatic carbocycles. The van der Waals surface area contributed by atoms with Crippen LogP contribution in [0, 0.1) is 17.8 Å². The quantitative estimate of drug-likeness (QED) is 0.602. The molecule has 3 atom stereocenters. The Morgan fingerprint density at radius 1 is 1.17 bits per heavy atom. The first kappa shape index (κ1) is 19.0. The predicted octanol–water partition coefficient (Wildman–Crippen LogP) is 2.18. The number of anilines is 1. The topological polar surface area (TPSA) is 107 Å². The number of hydrogen-bond donors (Lipinski definition) is 3. The van der Waals surface area contributed by atoms with Crippen LogP contribution >= 0.6 is 0 Å². The zero-order chi connectivity index (χ0) is 20.5. The third kappa shape index (κ3) is 4.00. The highest BCUT2D eigenvalue weighted by Crippen LogP contribution is 2.41. The first-order valence-corrected chi connectivity index (χ1v) is 10.6. The lowest BCUT2D eigenvalue weighted by atomic mass is 9.72. The Balaban J connectivity index is 1.20. The summed E-state index contributed by atoms with van der Waals surface area (Å²) in [5, 5.41) is 2.97. The average Bonchev–Trinajstić information content (AvgIpc) is 3.30. The number of carbonyl (C=O) groups is 1. The van der Waals surface area contributed by atoms with Crippen molar-refractivity contribution in [2.24, 2.45) is 17.8 Å². The van der Waals surface area contributed by atoms with Crippen LogP contribution in [-0.4, -0.2) is 50.4 Å². The van der Waals surface area contributed by atoms with Gasteiger partial charge in [-0.05, 0) is 55.2 Å². The van der Waals surface area contributed by atoms with E-state index in [-0.39, 0.29) is 11.6 Å². The Labute approximate surface area is 174 Å². The SMILES string of the molecule is O=C(CN1C[C@H]2CCC[C@H](Cc3cnccn3)[C@H]2C1)Nc1ccc2[nH]c(=O)[nH]c2c1. The van der Waals surface area contributed by atoms with Crippen LogP contribution in [0.2, 0.25) is 0 Å². The van der Waals surface area contributed by atoms with E-state index in [1.54, 1.807) is 24.5 Å². The van der Waals surface area contributed by atoms with Crippen molar-refractivity contribution < 1.29 is 4.79 Å². The van der Waals surface area contributed by atoms with E-state index >= 15 is 0 Å². The summed E-state index contributed by atoms with van der Waals surface area (Å²) in [7, 11) is 0. The van der Waals surface area contributed by atoms with Crippen LogP contribution in [-0.2, 0) is 11.2 Å². The summed E-state index contributed by atoms with van der Waals surface area (Å²) < 4.78 is 0. The molecule has 5 rings (SSSR count). The summed E-state index contributed by atoms with van der Waals surface area (Å²) in [6, 6.07) is 5.39. The molecule has 0 radical (unpaired) electrons. The molecular weight excluding hydrogens is 380 g/mol. The van der Waals surface area contributed by atoms with E-state index in [9.17, 15) is 9.59 Å². The molecule has 0 bridgehead atoms. The number of nitrogens with zero attached hydrogens (tertiary/aromatic N) is 3. The predicted molar refractivity (Wildman–Crippen MR) is 114 cm³/mol. The Kier molecular flexibility index (Phi) is 5.08. The number of fused-ring (bicyclic) bond motifs is 2. The van der Waals surface area contributed by atoms with E-state index in [2.05, 4.69) is 30.2 Å². The highest BCUT2D eigenvalue weighted by Gasteiger charge is 2.40. The van der Waals surface area contributed by atoms with Crippen molar-refractivity contribution in [3.63, 3.8) is 0 Å². The minimum Gasteiger partial charge on any atom is -0.325 e. The van der Waals surface area contributed by atoms with Crippen molar-refractivity contribution >= 4 is 22.6 Å². The number of H-pyrrole nitrogens is 2. The number of amides is 1. The first-order valence-electron chi connectivity index (χ1n) is 10.6. The van der Waals surface area contributed by atoms with Gasteiger partial charge in [-0.15, -0.1) is 0 Å². The average molecular weight is 406 g/mol. The number of aromatic nitrogens is 4. The third-order valence-electron chi connectivity index (χ3n) is 6.58. The Hall–Kier alpha value is -3.00. The zero-order valence-electron chi connectivity index (χ0n) is 16.8. The molecule has 2 aliphatic rings. The highest BCUT2D eigenvalue weighted by molar-refractivity contribution is 5.94. The van der Waals surface area contributed by atoms with Crippen molar-refractivity contribution in [1.29, 1.82) is 0 Å². The molecule has 1 aliphatic carbocycles. The molecule has 3 heterocycles. The molecule has 3 aromatic rings. The number of carbonyl (C=O) groups excluding carboxylic acids is 1. The molecule has 2 aromatic heterocycles. The summed E-state index contributed by atoms with van der Waals surface area (Å²) in [6.45, 7) is 2.35. The summed E-state index contributed by atoms with van der Waals surface area (Å²) in [5.41, 5.74) is 2.94. The zero-order valence-corrected chi connectivity index (χ0v) is 16.8. The van der Waals surface area contributed by atoms with Crippen molar-refractivity contribution in [3.05, 3.63) is 53.0 Å². The van der Waals surface area contributed by atoms with Gasteiger partial charge in [0.05, 0.1) is 23.3 Å². The Bertz CT molecular complexity index is 1090. The monoisotopic (exact) mass is 406 g/mol. The van der Waals surface area contributed by atoms with Crippen molar-refractivity contribution in [3.8, 4) is 0 Å². The number of benzene rings is 1. The van der Waals surface area contributed by atoms with Crippen LogP contribution in [0.1, 0.15) is 25.0 Å². The summed E-state index contributed by atoms with van der Waals surface area (Å²) >= 11 is 0. The molecule has 2 fully saturated rings. The summed E-state index contributed by atoms with van der Waals surface area (Å²) in [5.74, 6) is 1.88. The van der Waals surface area contributed by atoms with Gasteiger partial charge in [0.15, 0.2) is 0 Å². The van der Waals surface area contributed by atoms with E-state index in [1.165, 1.54) is 19.3 Å². The number of hydrogen-bond acceptors (Lipinski definition) is 5. The van der Waals surface area contributed by atoms with Crippen LogP contribution in [0.15, 0.2) is 41.6 Å². The Morgan fingerprint density at radius 3 is 2.93 bits per heavy atom. The third-order valence-corrected chi connectivity index (χ3v) is 6.58. The van der Waals surface area contributed by atoms with Gasteiger partial charge in [0, 0.05) is 37.4 Å². The van der Waals surface area contributed by atoms with Crippen LogP contribution in [0.3, 0.4) is 0 Å². The van der Waals surface area contributed by atoms with E-state index in [0.29, 0.717) is 35.5 Å². The Morgan fingerprint density at radius 2 is 2.07 bits per heavy atom. The second-order valence-electron chi connectivity index (χ2n) is 8.60. The number of rotatable bonds is 5. The molecule has 1 amide bonds. The van der Waals surface area contributed by atoms with Crippen LogP contribution < -0.4 is 11.0 Å². The smallest absolute Gasteiger partial charge is 0.323 e. The maximum Gasteiger partial charge on any atom is 0.323 e. The highest BCUT2D eigenvalue weighted by atomic mass is 16.2. The van der Waals surface area contributed by atoms with Gasteiger partial charge in [-0.25, -0.2) is 4.79 Å². The molecular formula is C22H26N6O2. The van der Waals surface area contributed by atoms with E-state index < -0.39 is 0 Å². The number of imidazole rings is 1. The second-order valence-corrected chi connectivity index (χ2v) is 8.60. The number of likely N-dealkylation sites (tertiary alicyclic amines) is 1. The van der Waals surface area contributed by atoms with E-state index in [0.717, 1.165) is 30.7 Å². The van der Waals surface area contributed by atoms with Crippen LogP contribution in [0.4, 0.5) is 5.69 Å². The molecule has 156 valence electrons. The lowest BCUT2D eigenvalue weighted by molar-refractivity contribution is -0.117. The number of aromatic amines is 2. The van der Waals surface area contributed by atoms with Gasteiger partial charge in [-0.2, -0.15) is 0 Å². The first-order chi connectivity index (χ1) is 14.6. The minimum atomic E-state index is -0.246. The van der Waals surface area contributed by atoms with Crippen LogP contribution in [0.5, 0.6) is 0 Å². The van der Waals surface area contributed by atoms with Gasteiger partial charge >= 0.3 is 5.69 Å². The van der Waals surface area contributed by atoms with Gasteiger partial charge in [0.25, 0.3) is 0 Å². The number of nitrogens with one attached hydrogen (secondary N) is 3. The van der Waals surface area contributed by atoms with Crippen molar-refractivity contribution in [1.82, 2.24) is 24.8 Å². The van der Waals surface area contributed by atoms with E-state index in [1.807, 2.05) is 12.3 Å². The fourth-order valence-corrected chi connectivity index (χ4v) is 5.28. The molecule has 30 heavy (non-hydrogen) atoms. The van der Waals surface area contributed by atoms with Gasteiger partial charge < -0.3 is 15.3 Å².